The summed E-state index contributed by atoms with van der Waals surface area (Å²) in [6.07, 6.45) is 1.18. The number of thiophene rings is 1. The van der Waals surface area contributed by atoms with Gasteiger partial charge in [0.15, 0.2) is 14.1 Å². The Morgan fingerprint density at radius 2 is 1.67 bits per heavy atom. The van der Waals surface area contributed by atoms with Gasteiger partial charge in [0.2, 0.25) is 0 Å². The van der Waals surface area contributed by atoms with Crippen LogP contribution in [0.25, 0.3) is 5.00 Å². The molecule has 2 aliphatic heterocycles. The van der Waals surface area contributed by atoms with Crippen molar-refractivity contribution in [3.05, 3.63) is 57.2 Å². The third-order valence-corrected chi connectivity index (χ3v) is 17.2. The summed E-state index contributed by atoms with van der Waals surface area (Å²) in [4.78, 5) is 8.36. The van der Waals surface area contributed by atoms with Gasteiger partial charge in [-0.05, 0) is 80.9 Å². The molecule has 234 valence electrons. The van der Waals surface area contributed by atoms with Crippen LogP contribution in [-0.4, -0.2) is 59.2 Å². The molecule has 0 aliphatic carbocycles. The number of aliphatic imine (C=N–C) groups is 1. The molecular formula is C33H48FN5O2SSi. The van der Waals surface area contributed by atoms with Crippen LogP contribution >= 0.6 is 11.3 Å². The number of aliphatic hydroxyl groups is 1. The highest BCUT2D eigenvalue weighted by molar-refractivity contribution is 7.15. The molecule has 1 saturated heterocycles. The van der Waals surface area contributed by atoms with Crippen LogP contribution in [-0.2, 0) is 4.43 Å². The molecule has 43 heavy (non-hydrogen) atoms. The van der Waals surface area contributed by atoms with Gasteiger partial charge in [-0.15, -0.1) is 21.5 Å². The van der Waals surface area contributed by atoms with Gasteiger partial charge in [0.05, 0.1) is 17.9 Å². The Kier molecular flexibility index (Phi) is 8.81. The van der Waals surface area contributed by atoms with E-state index in [1.807, 2.05) is 26.0 Å². The van der Waals surface area contributed by atoms with Gasteiger partial charge >= 0.3 is 0 Å². The number of benzene rings is 1. The summed E-state index contributed by atoms with van der Waals surface area (Å²) in [5.74, 6) is 1.28. The van der Waals surface area contributed by atoms with Gasteiger partial charge in [-0.25, -0.2) is 4.39 Å². The number of fused-ring (bicyclic) bond motifs is 3. The summed E-state index contributed by atoms with van der Waals surface area (Å²) in [5, 5.41) is 21.2. The average Bonchev–Trinajstić information content (AvgIpc) is 3.42. The van der Waals surface area contributed by atoms with Crippen molar-refractivity contribution in [2.24, 2.45) is 4.99 Å². The SMILES string of the molecule is Cc1sc2c(c1C)C(c1ccc(N3CCC(O)(CO[Si](C(C)C)(C(C)C)C(C)C)CC3)cc1F)=N[C@@H](C)c1nnc(C)n1-2. The minimum absolute atomic E-state index is 0.263. The number of rotatable bonds is 8. The molecule has 1 N–H and O–H groups in total. The van der Waals surface area contributed by atoms with Crippen LogP contribution in [0.15, 0.2) is 23.2 Å². The number of nitrogens with zero attached hydrogens (tertiary/aromatic N) is 5. The van der Waals surface area contributed by atoms with Gasteiger partial charge in [-0.3, -0.25) is 9.56 Å². The molecule has 1 atom stereocenters. The van der Waals surface area contributed by atoms with Gasteiger partial charge in [-0.1, -0.05) is 41.5 Å². The van der Waals surface area contributed by atoms with E-state index in [1.165, 1.54) is 4.88 Å². The van der Waals surface area contributed by atoms with E-state index in [0.717, 1.165) is 33.5 Å². The molecular weight excluding hydrogens is 578 g/mol. The zero-order valence-electron chi connectivity index (χ0n) is 27.5. The molecule has 10 heteroatoms. The first-order valence-electron chi connectivity index (χ1n) is 15.7. The molecule has 2 aromatic heterocycles. The summed E-state index contributed by atoms with van der Waals surface area (Å²) in [5.41, 5.74) is 4.59. The second kappa shape index (κ2) is 11.8. The average molecular weight is 626 g/mol. The molecule has 2 aliphatic rings. The lowest BCUT2D eigenvalue weighted by Crippen LogP contribution is -2.54. The topological polar surface area (TPSA) is 75.8 Å². The zero-order valence-corrected chi connectivity index (χ0v) is 29.3. The van der Waals surface area contributed by atoms with E-state index in [1.54, 1.807) is 17.4 Å². The fourth-order valence-electron chi connectivity index (χ4n) is 7.44. The molecule has 7 nitrogen and oxygen atoms in total. The maximum absolute atomic E-state index is 16.0. The van der Waals surface area contributed by atoms with Crippen LogP contribution in [0.4, 0.5) is 10.1 Å². The molecule has 0 saturated carbocycles. The fraction of sp³-hybridized carbons (Fsp3) is 0.606. The molecule has 1 aromatic carbocycles. The minimum Gasteiger partial charge on any atom is -0.413 e. The van der Waals surface area contributed by atoms with Crippen molar-refractivity contribution >= 4 is 31.1 Å². The van der Waals surface area contributed by atoms with Crippen molar-refractivity contribution in [2.75, 3.05) is 24.6 Å². The van der Waals surface area contributed by atoms with Gasteiger partial charge in [0, 0.05) is 34.8 Å². The Morgan fingerprint density at radius 1 is 1.05 bits per heavy atom. The smallest absolute Gasteiger partial charge is 0.200 e. The summed E-state index contributed by atoms with van der Waals surface area (Å²) >= 11 is 1.67. The van der Waals surface area contributed by atoms with E-state index in [4.69, 9.17) is 9.42 Å². The zero-order chi connectivity index (χ0) is 31.4. The first kappa shape index (κ1) is 32.0. The van der Waals surface area contributed by atoms with Gasteiger partial charge in [-0.2, -0.15) is 0 Å². The molecule has 1 fully saturated rings. The molecule has 0 bridgehead atoms. The summed E-state index contributed by atoms with van der Waals surface area (Å²) < 4.78 is 24.9. The third-order valence-electron chi connectivity index (χ3n) is 9.92. The van der Waals surface area contributed by atoms with E-state index in [0.29, 0.717) is 60.4 Å². The number of aromatic nitrogens is 3. The molecule has 3 aromatic rings. The van der Waals surface area contributed by atoms with Crippen molar-refractivity contribution < 1.29 is 13.9 Å². The number of anilines is 1. The van der Waals surface area contributed by atoms with Crippen molar-refractivity contribution in [1.29, 1.82) is 0 Å². The van der Waals surface area contributed by atoms with E-state index >= 15 is 4.39 Å². The molecule has 5 rings (SSSR count). The van der Waals surface area contributed by atoms with Gasteiger partial charge in [0.1, 0.15) is 22.7 Å². The Morgan fingerprint density at radius 3 is 2.26 bits per heavy atom. The maximum Gasteiger partial charge on any atom is 0.200 e. The van der Waals surface area contributed by atoms with Crippen LogP contribution < -0.4 is 4.90 Å². The summed E-state index contributed by atoms with van der Waals surface area (Å²) in [7, 11) is -2.07. The predicted molar refractivity (Wildman–Crippen MR) is 177 cm³/mol. The fourth-order valence-corrected chi connectivity index (χ4v) is 14.2. The molecule has 0 unspecified atom stereocenters. The quantitative estimate of drug-likeness (QED) is 0.258. The summed E-state index contributed by atoms with van der Waals surface area (Å²) in [6, 6.07) is 5.22. The van der Waals surface area contributed by atoms with Crippen molar-refractivity contribution in [2.45, 2.75) is 110 Å². The minimum atomic E-state index is -2.07. The predicted octanol–water partition coefficient (Wildman–Crippen LogP) is 7.83. The normalized spacial score (nSPS) is 18.7. The lowest BCUT2D eigenvalue weighted by molar-refractivity contribution is -0.0292. The van der Waals surface area contributed by atoms with E-state index in [2.05, 4.69) is 75.1 Å². The van der Waals surface area contributed by atoms with Crippen LogP contribution in [0, 0.1) is 26.6 Å². The van der Waals surface area contributed by atoms with Crippen LogP contribution in [0.3, 0.4) is 0 Å². The second-order valence-corrected chi connectivity index (χ2v) is 20.2. The van der Waals surface area contributed by atoms with Crippen molar-refractivity contribution in [1.82, 2.24) is 14.8 Å². The highest BCUT2D eigenvalue weighted by atomic mass is 32.1. The van der Waals surface area contributed by atoms with Gasteiger partial charge in [0.25, 0.3) is 0 Å². The first-order chi connectivity index (χ1) is 20.2. The Balaban J connectivity index is 1.36. The molecule has 0 spiro atoms. The summed E-state index contributed by atoms with van der Waals surface area (Å²) in [6.45, 7) is 23.4. The van der Waals surface area contributed by atoms with Crippen LogP contribution in [0.1, 0.15) is 101 Å². The van der Waals surface area contributed by atoms with E-state index in [-0.39, 0.29) is 11.9 Å². The standard InChI is InChI=1S/C33H48FN5O2SSi/c1-19(2)43(20(3)4,21(5)6)41-18-33(40)13-15-38(16-14-33)26-11-12-27(28(34)17-26)30-29-22(7)24(9)42-32(29)39-25(10)36-37-31(39)23(8)35-30/h11-12,17,19-21,23,40H,13-16,18H2,1-10H3/t23-/m0/s1. The molecule has 0 amide bonds. The largest absolute Gasteiger partial charge is 0.413 e. The Bertz CT molecular complexity index is 1500. The van der Waals surface area contributed by atoms with E-state index in [9.17, 15) is 5.11 Å². The highest BCUT2D eigenvalue weighted by Gasteiger charge is 2.47. The number of hydrogen-bond acceptors (Lipinski definition) is 7. The number of halogens is 1. The lowest BCUT2D eigenvalue weighted by atomic mass is 9.92. The molecule has 4 heterocycles. The number of aryl methyl sites for hydroxylation is 2. The van der Waals surface area contributed by atoms with Crippen molar-refractivity contribution in [3.8, 4) is 5.00 Å². The van der Waals surface area contributed by atoms with Crippen LogP contribution in [0.2, 0.25) is 16.6 Å². The Labute approximate surface area is 261 Å². The van der Waals surface area contributed by atoms with Crippen molar-refractivity contribution in [3.63, 3.8) is 0 Å². The molecule has 0 radical (unpaired) electrons. The van der Waals surface area contributed by atoms with E-state index < -0.39 is 13.9 Å². The third kappa shape index (κ3) is 5.53. The first-order valence-corrected chi connectivity index (χ1v) is 18.7. The lowest BCUT2D eigenvalue weighted by Gasteiger charge is -2.46. The second-order valence-electron chi connectivity index (χ2n) is 13.5. The maximum atomic E-state index is 16.0. The van der Waals surface area contributed by atoms with Gasteiger partial charge < -0.3 is 14.4 Å². The monoisotopic (exact) mass is 625 g/mol. The number of hydrogen-bond donors (Lipinski definition) is 1. The van der Waals surface area contributed by atoms with Crippen LogP contribution in [0.5, 0.6) is 0 Å². The Hall–Kier alpha value is -2.40. The number of piperidine rings is 1. The highest BCUT2D eigenvalue weighted by Crippen LogP contribution is 2.44.